The molecule has 0 spiro atoms. The van der Waals surface area contributed by atoms with E-state index in [1.807, 2.05) is 18.0 Å². The number of hydrogen-bond donors (Lipinski definition) is 0. The molecule has 0 atom stereocenters. The molecule has 0 aromatic rings. The van der Waals surface area contributed by atoms with Gasteiger partial charge in [-0.25, -0.2) is 4.79 Å². The summed E-state index contributed by atoms with van der Waals surface area (Å²) < 4.78 is 4.78. The van der Waals surface area contributed by atoms with Crippen LogP contribution >= 0.6 is 0 Å². The van der Waals surface area contributed by atoms with E-state index in [4.69, 9.17) is 10.00 Å². The molecule has 0 N–H and O–H groups in total. The van der Waals surface area contributed by atoms with Crippen LogP contribution in [-0.2, 0) is 9.53 Å². The monoisotopic (exact) mass is 196 g/mol. The molecule has 4 nitrogen and oxygen atoms in total. The number of esters is 1. The third kappa shape index (κ3) is 5.33. The lowest BCUT2D eigenvalue weighted by molar-refractivity contribution is -0.138. The van der Waals surface area contributed by atoms with E-state index in [1.165, 1.54) is 0 Å². The number of carbonyl (C=O) groups excluding carboxylic acids is 1. The maximum atomic E-state index is 11.1. The van der Waals surface area contributed by atoms with Crippen molar-refractivity contribution in [1.82, 2.24) is 4.90 Å². The first kappa shape index (κ1) is 12.7. The Morgan fingerprint density at radius 1 is 1.64 bits per heavy atom. The largest absolute Gasteiger partial charge is 0.463 e. The van der Waals surface area contributed by atoms with Crippen LogP contribution in [0.5, 0.6) is 0 Å². The topological polar surface area (TPSA) is 53.3 Å². The molecule has 14 heavy (non-hydrogen) atoms. The molecule has 0 aromatic heterocycles. The van der Waals surface area contributed by atoms with Crippen LogP contribution in [0.3, 0.4) is 0 Å². The second-order valence-corrected chi connectivity index (χ2v) is 2.97. The zero-order valence-electron chi connectivity index (χ0n) is 8.75. The van der Waals surface area contributed by atoms with Gasteiger partial charge in [0, 0.05) is 25.1 Å². The van der Waals surface area contributed by atoms with Gasteiger partial charge in [-0.15, -0.1) is 0 Å². The molecule has 0 saturated heterocycles. The minimum Gasteiger partial charge on any atom is -0.463 e. The lowest BCUT2D eigenvalue weighted by Gasteiger charge is -2.15. The number of hydrogen-bond acceptors (Lipinski definition) is 4. The van der Waals surface area contributed by atoms with Crippen molar-refractivity contribution < 1.29 is 9.53 Å². The van der Waals surface area contributed by atoms with Crippen LogP contribution < -0.4 is 0 Å². The molecule has 0 saturated carbocycles. The molecule has 0 bridgehead atoms. The Balaban J connectivity index is 3.82. The Morgan fingerprint density at radius 2 is 2.29 bits per heavy atom. The van der Waals surface area contributed by atoms with E-state index in [0.717, 1.165) is 0 Å². The summed E-state index contributed by atoms with van der Waals surface area (Å²) in [7, 11) is 1.84. The molecular weight excluding hydrogens is 180 g/mol. The number of nitriles is 1. The lowest BCUT2D eigenvalue weighted by Crippen LogP contribution is -2.25. The summed E-state index contributed by atoms with van der Waals surface area (Å²) >= 11 is 0. The highest BCUT2D eigenvalue weighted by Gasteiger charge is 2.09. The fraction of sp³-hybridized carbons (Fsp3) is 0.600. The molecule has 0 aliphatic carbocycles. The van der Waals surface area contributed by atoms with E-state index in [1.54, 1.807) is 6.92 Å². The zero-order valence-corrected chi connectivity index (χ0v) is 8.75. The number of ether oxygens (including phenoxy) is 1. The van der Waals surface area contributed by atoms with Gasteiger partial charge in [0.25, 0.3) is 0 Å². The van der Waals surface area contributed by atoms with Gasteiger partial charge in [-0.05, 0) is 14.0 Å². The minimum absolute atomic E-state index is 0.361. The third-order valence-corrected chi connectivity index (χ3v) is 1.63. The normalized spacial score (nSPS) is 9.57. The number of carbonyl (C=O) groups is 1. The summed E-state index contributed by atoms with van der Waals surface area (Å²) in [6.45, 7) is 6.82. The molecule has 0 aromatic carbocycles. The highest BCUT2D eigenvalue weighted by atomic mass is 16.5. The van der Waals surface area contributed by atoms with Crippen molar-refractivity contribution in [2.75, 3.05) is 26.7 Å². The molecule has 0 fully saturated rings. The number of likely N-dealkylation sites (N-methyl/N-ethyl adjacent to an activating group) is 1. The number of nitrogens with zero attached hydrogens (tertiary/aromatic N) is 2. The van der Waals surface area contributed by atoms with Crippen LogP contribution in [0.25, 0.3) is 0 Å². The minimum atomic E-state index is -0.365. The van der Waals surface area contributed by atoms with E-state index < -0.39 is 0 Å². The van der Waals surface area contributed by atoms with Gasteiger partial charge in [-0.3, -0.25) is 0 Å². The molecule has 0 aliphatic heterocycles. The fourth-order valence-corrected chi connectivity index (χ4v) is 0.943. The first-order valence-corrected chi connectivity index (χ1v) is 4.52. The van der Waals surface area contributed by atoms with E-state index in [9.17, 15) is 4.79 Å². The molecule has 0 unspecified atom stereocenters. The highest BCUT2D eigenvalue weighted by Crippen LogP contribution is 1.98. The molecular formula is C10H16N2O2. The van der Waals surface area contributed by atoms with E-state index in [2.05, 4.69) is 6.58 Å². The van der Waals surface area contributed by atoms with Crippen molar-refractivity contribution in [2.45, 2.75) is 13.3 Å². The van der Waals surface area contributed by atoms with Crippen LogP contribution in [0.2, 0.25) is 0 Å². The van der Waals surface area contributed by atoms with E-state index in [0.29, 0.717) is 31.7 Å². The smallest absolute Gasteiger partial charge is 0.334 e. The average molecular weight is 196 g/mol. The molecule has 78 valence electrons. The quantitative estimate of drug-likeness (QED) is 0.469. The first-order chi connectivity index (χ1) is 6.61. The van der Waals surface area contributed by atoms with Gasteiger partial charge < -0.3 is 9.64 Å². The van der Waals surface area contributed by atoms with Crippen molar-refractivity contribution in [3.8, 4) is 6.07 Å². The third-order valence-electron chi connectivity index (χ3n) is 1.63. The van der Waals surface area contributed by atoms with Crippen LogP contribution in [0.15, 0.2) is 12.2 Å². The Bertz CT molecular complexity index is 243. The maximum Gasteiger partial charge on any atom is 0.334 e. The Morgan fingerprint density at radius 3 is 2.79 bits per heavy atom. The lowest BCUT2D eigenvalue weighted by atomic mass is 10.3. The van der Waals surface area contributed by atoms with Crippen LogP contribution in [-0.4, -0.2) is 37.6 Å². The van der Waals surface area contributed by atoms with Crippen molar-refractivity contribution >= 4 is 5.97 Å². The van der Waals surface area contributed by atoms with Crippen molar-refractivity contribution in [3.05, 3.63) is 12.2 Å². The molecule has 0 heterocycles. The van der Waals surface area contributed by atoms with Gasteiger partial charge in [0.05, 0.1) is 12.7 Å². The van der Waals surface area contributed by atoms with Crippen molar-refractivity contribution in [2.24, 2.45) is 0 Å². The van der Waals surface area contributed by atoms with Gasteiger partial charge >= 0.3 is 5.97 Å². The van der Waals surface area contributed by atoms with Crippen LogP contribution in [0.1, 0.15) is 13.3 Å². The number of rotatable bonds is 6. The predicted octanol–water partition coefficient (Wildman–Crippen LogP) is 0.951. The summed E-state index contributed by atoms with van der Waals surface area (Å²) in [5.74, 6) is -0.365. The Labute approximate surface area is 84.8 Å². The molecule has 0 radical (unpaired) electrons. The molecule has 0 amide bonds. The average Bonchev–Trinajstić information content (AvgIpc) is 2.15. The summed E-state index contributed by atoms with van der Waals surface area (Å²) in [6, 6.07) is 2.04. The van der Waals surface area contributed by atoms with Gasteiger partial charge in [0.1, 0.15) is 0 Å². The molecule has 0 aliphatic rings. The fourth-order valence-electron chi connectivity index (χ4n) is 0.943. The summed E-state index contributed by atoms with van der Waals surface area (Å²) in [5, 5.41) is 8.35. The predicted molar refractivity (Wildman–Crippen MR) is 53.5 cm³/mol. The maximum absolute atomic E-state index is 11.1. The van der Waals surface area contributed by atoms with Gasteiger partial charge in [-0.2, -0.15) is 5.26 Å². The van der Waals surface area contributed by atoms with Gasteiger partial charge in [0.15, 0.2) is 0 Å². The zero-order chi connectivity index (χ0) is 11.0. The highest BCUT2D eigenvalue weighted by molar-refractivity contribution is 5.88. The first-order valence-electron chi connectivity index (χ1n) is 4.52. The Hall–Kier alpha value is -1.34. The van der Waals surface area contributed by atoms with E-state index in [-0.39, 0.29) is 5.97 Å². The molecule has 0 rings (SSSR count). The molecule has 4 heteroatoms. The van der Waals surface area contributed by atoms with Crippen molar-refractivity contribution in [1.29, 1.82) is 5.26 Å². The van der Waals surface area contributed by atoms with E-state index >= 15 is 0 Å². The summed E-state index contributed by atoms with van der Waals surface area (Å²) in [4.78, 5) is 13.0. The van der Waals surface area contributed by atoms with Gasteiger partial charge in [-0.1, -0.05) is 6.58 Å². The summed E-state index contributed by atoms with van der Waals surface area (Å²) in [6.07, 6.45) is 0.451. The van der Waals surface area contributed by atoms with Crippen LogP contribution in [0.4, 0.5) is 0 Å². The Kier molecular flexibility index (Phi) is 6.42. The van der Waals surface area contributed by atoms with Crippen LogP contribution in [0, 0.1) is 11.3 Å². The second kappa shape index (κ2) is 7.10. The summed E-state index contributed by atoms with van der Waals surface area (Å²) in [5.41, 5.74) is 0.423. The van der Waals surface area contributed by atoms with Crippen molar-refractivity contribution in [3.63, 3.8) is 0 Å². The standard InChI is InChI=1S/C10H16N2O2/c1-4-14-10(13)9(2)8-12(3)7-5-6-11/h2,4-5,7-8H2,1,3H3. The van der Waals surface area contributed by atoms with Gasteiger partial charge in [0.2, 0.25) is 0 Å². The second-order valence-electron chi connectivity index (χ2n) is 2.97. The SMILES string of the molecule is C=C(CN(C)CCC#N)C(=O)OCC.